The molecule has 0 amide bonds. The number of rotatable bonds is 3. The van der Waals surface area contributed by atoms with E-state index in [1.54, 1.807) is 6.33 Å². The van der Waals surface area contributed by atoms with Crippen molar-refractivity contribution in [3.63, 3.8) is 0 Å². The zero-order valence-corrected chi connectivity index (χ0v) is 10.2. The van der Waals surface area contributed by atoms with Crippen LogP contribution in [0.5, 0.6) is 0 Å². The van der Waals surface area contributed by atoms with Crippen LogP contribution < -0.4 is 5.73 Å². The molecule has 0 unspecified atom stereocenters. The van der Waals surface area contributed by atoms with Gasteiger partial charge in [-0.05, 0) is 24.7 Å². The molecule has 96 valence electrons. The lowest BCUT2D eigenvalue weighted by atomic mass is 9.97. The summed E-state index contributed by atoms with van der Waals surface area (Å²) in [5.41, 5.74) is 7.21. The highest BCUT2D eigenvalue weighted by Gasteiger charge is 2.27. The summed E-state index contributed by atoms with van der Waals surface area (Å²) >= 11 is 0. The Morgan fingerprint density at radius 2 is 2.11 bits per heavy atom. The van der Waals surface area contributed by atoms with E-state index in [1.807, 2.05) is 4.57 Å². The van der Waals surface area contributed by atoms with Crippen molar-refractivity contribution in [3.8, 4) is 0 Å². The summed E-state index contributed by atoms with van der Waals surface area (Å²) in [5, 5.41) is 9.35. The Hall–Kier alpha value is -1.69. The number of anilines is 1. The molecule has 3 N–H and O–H groups in total. The lowest BCUT2D eigenvalue weighted by Gasteiger charge is -2.17. The molecule has 6 nitrogen and oxygen atoms in total. The number of hydrogen-bond acceptors (Lipinski definition) is 5. The fourth-order valence-electron chi connectivity index (χ4n) is 2.88. The summed E-state index contributed by atoms with van der Waals surface area (Å²) in [6.07, 6.45) is 6.70. The lowest BCUT2D eigenvalue weighted by Crippen LogP contribution is -2.18. The normalized spacial score (nSPS) is 23.8. The van der Waals surface area contributed by atoms with Gasteiger partial charge in [-0.3, -0.25) is 0 Å². The molecule has 3 rings (SSSR count). The number of aromatic nitrogens is 4. The third kappa shape index (κ3) is 1.82. The van der Waals surface area contributed by atoms with Gasteiger partial charge in [-0.15, -0.1) is 0 Å². The zero-order valence-electron chi connectivity index (χ0n) is 10.2. The van der Waals surface area contributed by atoms with Gasteiger partial charge in [0.15, 0.2) is 11.5 Å². The van der Waals surface area contributed by atoms with E-state index in [1.165, 1.54) is 12.7 Å². The predicted octanol–water partition coefficient (Wildman–Crippen LogP) is 0.817. The van der Waals surface area contributed by atoms with Crippen LogP contribution in [0, 0.1) is 11.8 Å². The Morgan fingerprint density at radius 3 is 2.94 bits per heavy atom. The fourth-order valence-corrected chi connectivity index (χ4v) is 2.88. The number of nitrogens with two attached hydrogens (primary N) is 1. The molecular formula is C12H17N5O. The van der Waals surface area contributed by atoms with Crippen LogP contribution in [-0.2, 0) is 6.54 Å². The third-order valence-corrected chi connectivity index (χ3v) is 3.91. The van der Waals surface area contributed by atoms with Crippen LogP contribution in [0.4, 0.5) is 5.82 Å². The van der Waals surface area contributed by atoms with Crippen molar-refractivity contribution in [3.05, 3.63) is 12.7 Å². The van der Waals surface area contributed by atoms with Gasteiger partial charge in [-0.1, -0.05) is 6.42 Å². The van der Waals surface area contributed by atoms with Crippen LogP contribution in [-0.4, -0.2) is 31.2 Å². The second-order valence-electron chi connectivity index (χ2n) is 4.96. The molecule has 1 fully saturated rings. The smallest absolute Gasteiger partial charge is 0.165 e. The number of nitrogens with zero attached hydrogens (tertiary/aromatic N) is 4. The Kier molecular flexibility index (Phi) is 2.87. The van der Waals surface area contributed by atoms with Crippen molar-refractivity contribution < 1.29 is 5.11 Å². The molecule has 0 radical (unpaired) electrons. The van der Waals surface area contributed by atoms with Crippen molar-refractivity contribution in [2.75, 3.05) is 12.3 Å². The van der Waals surface area contributed by atoms with Gasteiger partial charge in [-0.2, -0.15) is 0 Å². The van der Waals surface area contributed by atoms with Gasteiger partial charge in [0.05, 0.1) is 6.33 Å². The Bertz CT molecular complexity index is 552. The van der Waals surface area contributed by atoms with Crippen LogP contribution in [0.15, 0.2) is 12.7 Å². The fraction of sp³-hybridized carbons (Fsp3) is 0.583. The summed E-state index contributed by atoms with van der Waals surface area (Å²) in [6, 6.07) is 0. The Labute approximate surface area is 105 Å². The number of imidazole rings is 1. The first-order valence-corrected chi connectivity index (χ1v) is 6.31. The van der Waals surface area contributed by atoms with E-state index in [0.717, 1.165) is 25.0 Å². The maximum atomic E-state index is 9.35. The van der Waals surface area contributed by atoms with Crippen molar-refractivity contribution >= 4 is 17.0 Å². The minimum atomic E-state index is 0.272. The second-order valence-corrected chi connectivity index (χ2v) is 4.96. The SMILES string of the molecule is Nc1ncnc2c1ncn2C[C@@H]1CCC[C@H]1CO. The largest absolute Gasteiger partial charge is 0.396 e. The standard InChI is InChI=1S/C12H17N5O/c13-11-10-12(15-6-14-11)17(7-16-10)4-8-2-1-3-9(8)5-18/h6-9,18H,1-5H2,(H2,13,14,15)/t8-,9-/m0/s1. The third-order valence-electron chi connectivity index (χ3n) is 3.91. The highest BCUT2D eigenvalue weighted by Crippen LogP contribution is 2.33. The monoisotopic (exact) mass is 247 g/mol. The van der Waals surface area contributed by atoms with E-state index in [4.69, 9.17) is 5.73 Å². The van der Waals surface area contributed by atoms with Gasteiger partial charge in [0, 0.05) is 13.2 Å². The second kappa shape index (κ2) is 4.53. The number of aliphatic hydroxyl groups is 1. The summed E-state index contributed by atoms with van der Waals surface area (Å²) in [4.78, 5) is 12.4. The van der Waals surface area contributed by atoms with Gasteiger partial charge in [0.25, 0.3) is 0 Å². The van der Waals surface area contributed by atoms with Crippen LogP contribution in [0.1, 0.15) is 19.3 Å². The number of fused-ring (bicyclic) bond motifs is 1. The van der Waals surface area contributed by atoms with E-state index >= 15 is 0 Å². The van der Waals surface area contributed by atoms with E-state index in [9.17, 15) is 5.11 Å². The highest BCUT2D eigenvalue weighted by molar-refractivity contribution is 5.81. The molecule has 0 bridgehead atoms. The first-order chi connectivity index (χ1) is 8.79. The van der Waals surface area contributed by atoms with Gasteiger partial charge in [0.1, 0.15) is 11.8 Å². The minimum absolute atomic E-state index is 0.272. The van der Waals surface area contributed by atoms with Crippen molar-refractivity contribution in [2.45, 2.75) is 25.8 Å². The molecule has 0 spiro atoms. The summed E-state index contributed by atoms with van der Waals surface area (Å²) in [7, 11) is 0. The molecule has 1 aliphatic rings. The lowest BCUT2D eigenvalue weighted by molar-refractivity contribution is 0.185. The van der Waals surface area contributed by atoms with Gasteiger partial charge < -0.3 is 15.4 Å². The van der Waals surface area contributed by atoms with Gasteiger partial charge in [0.2, 0.25) is 0 Å². The molecule has 2 heterocycles. The maximum absolute atomic E-state index is 9.35. The molecule has 6 heteroatoms. The van der Waals surface area contributed by atoms with E-state index in [2.05, 4.69) is 15.0 Å². The van der Waals surface area contributed by atoms with Crippen LogP contribution in [0.25, 0.3) is 11.2 Å². The molecular weight excluding hydrogens is 230 g/mol. The average Bonchev–Trinajstić information content (AvgIpc) is 2.98. The highest BCUT2D eigenvalue weighted by atomic mass is 16.3. The Morgan fingerprint density at radius 1 is 1.28 bits per heavy atom. The van der Waals surface area contributed by atoms with Crippen molar-refractivity contribution in [1.29, 1.82) is 0 Å². The van der Waals surface area contributed by atoms with Crippen LogP contribution in [0.3, 0.4) is 0 Å². The summed E-state index contributed by atoms with van der Waals surface area (Å²) in [6.45, 7) is 1.12. The molecule has 2 aromatic heterocycles. The molecule has 1 saturated carbocycles. The van der Waals surface area contributed by atoms with Crippen LogP contribution in [0.2, 0.25) is 0 Å². The summed E-state index contributed by atoms with van der Waals surface area (Å²) < 4.78 is 2.02. The maximum Gasteiger partial charge on any atom is 0.165 e. The quantitative estimate of drug-likeness (QED) is 0.838. The first-order valence-electron chi connectivity index (χ1n) is 6.31. The molecule has 0 aliphatic heterocycles. The Balaban J connectivity index is 1.89. The molecule has 2 aromatic rings. The number of nitrogen functional groups attached to an aromatic ring is 1. The van der Waals surface area contributed by atoms with E-state index in [0.29, 0.717) is 23.2 Å². The molecule has 1 aliphatic carbocycles. The van der Waals surface area contributed by atoms with E-state index in [-0.39, 0.29) is 6.61 Å². The van der Waals surface area contributed by atoms with Crippen molar-refractivity contribution in [1.82, 2.24) is 19.5 Å². The molecule has 0 saturated heterocycles. The van der Waals surface area contributed by atoms with Crippen LogP contribution >= 0.6 is 0 Å². The van der Waals surface area contributed by atoms with E-state index < -0.39 is 0 Å². The predicted molar refractivity (Wildman–Crippen MR) is 67.7 cm³/mol. The molecule has 0 aromatic carbocycles. The summed E-state index contributed by atoms with van der Waals surface area (Å²) in [5.74, 6) is 1.33. The van der Waals surface area contributed by atoms with Gasteiger partial charge >= 0.3 is 0 Å². The molecule has 18 heavy (non-hydrogen) atoms. The molecule has 2 atom stereocenters. The van der Waals surface area contributed by atoms with Crippen molar-refractivity contribution in [2.24, 2.45) is 11.8 Å². The topological polar surface area (TPSA) is 89.9 Å². The number of aliphatic hydroxyl groups excluding tert-OH is 1. The first kappa shape index (κ1) is 11.4. The average molecular weight is 247 g/mol. The zero-order chi connectivity index (χ0) is 12.5. The minimum Gasteiger partial charge on any atom is -0.396 e. The number of hydrogen-bond donors (Lipinski definition) is 2. The van der Waals surface area contributed by atoms with Gasteiger partial charge in [-0.25, -0.2) is 15.0 Å².